The Morgan fingerprint density at radius 1 is 0.786 bits per heavy atom. The number of carbonyl (C=O) groups excluding carboxylic acids is 2. The van der Waals surface area contributed by atoms with Gasteiger partial charge in [0.05, 0.1) is 30.3 Å². The Bertz CT molecular complexity index is 1980. The molecular weight excluding hydrogens is 528 g/mol. The number of rotatable bonds is 5. The number of amides is 2. The van der Waals surface area contributed by atoms with Gasteiger partial charge in [-0.3, -0.25) is 14.4 Å². The molecule has 7 rings (SSSR count). The van der Waals surface area contributed by atoms with Gasteiger partial charge in [0.25, 0.3) is 11.8 Å². The van der Waals surface area contributed by atoms with E-state index in [1.807, 2.05) is 92.7 Å². The van der Waals surface area contributed by atoms with Crippen LogP contribution in [0.25, 0.3) is 11.0 Å². The van der Waals surface area contributed by atoms with Crippen LogP contribution in [0.2, 0.25) is 0 Å². The van der Waals surface area contributed by atoms with E-state index in [9.17, 15) is 14.4 Å². The maximum absolute atomic E-state index is 15.0. The van der Waals surface area contributed by atoms with Crippen molar-refractivity contribution in [2.45, 2.75) is 32.5 Å². The van der Waals surface area contributed by atoms with Crippen LogP contribution in [-0.4, -0.2) is 23.8 Å². The van der Waals surface area contributed by atoms with Crippen LogP contribution in [0.4, 0.5) is 5.69 Å². The summed E-state index contributed by atoms with van der Waals surface area (Å²) < 4.78 is 11.5. The van der Waals surface area contributed by atoms with Crippen LogP contribution >= 0.6 is 0 Å². The van der Waals surface area contributed by atoms with Crippen LogP contribution in [-0.2, 0) is 23.4 Å². The number of methoxy groups -OCH3 is 1. The summed E-state index contributed by atoms with van der Waals surface area (Å²) in [6, 6.07) is 28.0. The molecule has 2 amide bonds. The van der Waals surface area contributed by atoms with Crippen LogP contribution in [0.5, 0.6) is 5.75 Å². The Balaban J connectivity index is 1.49. The third kappa shape index (κ3) is 3.63. The molecule has 1 atom stereocenters. The molecule has 0 saturated carbocycles. The number of aryl methyl sites for hydroxylation is 2. The average molecular weight is 557 g/mol. The van der Waals surface area contributed by atoms with E-state index in [0.717, 1.165) is 22.3 Å². The zero-order valence-electron chi connectivity index (χ0n) is 23.5. The highest BCUT2D eigenvalue weighted by atomic mass is 16.5. The number of hydrogen-bond donors (Lipinski definition) is 0. The smallest absolute Gasteiger partial charge is 0.291 e. The molecule has 0 saturated heterocycles. The molecule has 7 nitrogen and oxygen atoms in total. The summed E-state index contributed by atoms with van der Waals surface area (Å²) in [5.41, 5.74) is 3.25. The van der Waals surface area contributed by atoms with E-state index in [1.54, 1.807) is 24.1 Å². The van der Waals surface area contributed by atoms with Crippen molar-refractivity contribution < 1.29 is 18.7 Å². The summed E-state index contributed by atoms with van der Waals surface area (Å²) in [4.78, 5) is 46.9. The van der Waals surface area contributed by atoms with E-state index in [0.29, 0.717) is 28.0 Å². The van der Waals surface area contributed by atoms with Crippen molar-refractivity contribution in [2.24, 2.45) is 0 Å². The first-order chi connectivity index (χ1) is 20.3. The fourth-order valence-electron chi connectivity index (χ4n) is 6.39. The molecule has 7 heteroatoms. The van der Waals surface area contributed by atoms with Crippen molar-refractivity contribution in [1.82, 2.24) is 4.90 Å². The Morgan fingerprint density at radius 3 is 2.31 bits per heavy atom. The zero-order chi connectivity index (χ0) is 29.2. The summed E-state index contributed by atoms with van der Waals surface area (Å²) in [5, 5.41) is 0.342. The molecule has 2 aliphatic rings. The highest BCUT2D eigenvalue weighted by molar-refractivity contribution is 6.17. The first kappa shape index (κ1) is 25.8. The lowest BCUT2D eigenvalue weighted by molar-refractivity contribution is -0.126. The van der Waals surface area contributed by atoms with Crippen molar-refractivity contribution in [3.05, 3.63) is 140 Å². The van der Waals surface area contributed by atoms with Gasteiger partial charge in [0.1, 0.15) is 11.3 Å². The van der Waals surface area contributed by atoms with Crippen LogP contribution in [0, 0.1) is 13.8 Å². The second kappa shape index (κ2) is 9.45. The average Bonchev–Trinajstić information content (AvgIpc) is 3.38. The molecule has 1 aromatic heterocycles. The molecule has 208 valence electrons. The van der Waals surface area contributed by atoms with Crippen molar-refractivity contribution in [3.8, 4) is 5.75 Å². The normalized spacial score (nSPS) is 17.3. The lowest BCUT2D eigenvalue weighted by atomic mass is 9.83. The molecule has 0 radical (unpaired) electrons. The number of hydrogen-bond acceptors (Lipinski definition) is 5. The van der Waals surface area contributed by atoms with Crippen LogP contribution in [0.3, 0.4) is 0 Å². The number of benzene rings is 4. The van der Waals surface area contributed by atoms with Crippen molar-refractivity contribution >= 4 is 28.5 Å². The van der Waals surface area contributed by atoms with Crippen LogP contribution in [0.15, 0.2) is 100 Å². The van der Waals surface area contributed by atoms with Crippen molar-refractivity contribution in [2.75, 3.05) is 12.0 Å². The number of anilines is 1. The van der Waals surface area contributed by atoms with Gasteiger partial charge in [0.15, 0.2) is 11.0 Å². The number of para-hydroxylation sites is 1. The van der Waals surface area contributed by atoms with Gasteiger partial charge in [0.2, 0.25) is 5.76 Å². The molecule has 4 aromatic carbocycles. The number of nitrogens with zero attached hydrogens (tertiary/aromatic N) is 2. The second-order valence-electron chi connectivity index (χ2n) is 11.0. The summed E-state index contributed by atoms with van der Waals surface area (Å²) in [6.45, 7) is 4.27. The SMILES string of the molecule is COc1ccc(CN2C(=O)c3oc4ccc(C)cc4c(=O)c3C23C(=O)N(Cc2cccc(C)c2)c2ccccc23)cc1. The molecule has 0 fully saturated rings. The Hall–Kier alpha value is -5.17. The van der Waals surface area contributed by atoms with Gasteiger partial charge in [0, 0.05) is 12.1 Å². The highest BCUT2D eigenvalue weighted by Crippen LogP contribution is 2.53. The van der Waals surface area contributed by atoms with E-state index >= 15 is 0 Å². The van der Waals surface area contributed by atoms with Crippen molar-refractivity contribution in [3.63, 3.8) is 0 Å². The molecule has 0 aliphatic carbocycles. The minimum atomic E-state index is -1.69. The Labute approximate surface area is 242 Å². The summed E-state index contributed by atoms with van der Waals surface area (Å²) in [7, 11) is 1.59. The van der Waals surface area contributed by atoms with E-state index in [2.05, 4.69) is 0 Å². The highest BCUT2D eigenvalue weighted by Gasteiger charge is 2.65. The quantitative estimate of drug-likeness (QED) is 0.271. The standard InChI is InChI=1S/C35H28N2O5/c1-21-7-6-8-24(17-21)19-36-28-10-5-4-9-27(28)35(34(36)40)30-31(38)26-18-22(2)11-16-29(26)42-32(30)33(39)37(35)20-23-12-14-25(41-3)15-13-23/h4-18H,19-20H2,1-3H3. The van der Waals surface area contributed by atoms with E-state index in [4.69, 9.17) is 9.15 Å². The maximum atomic E-state index is 15.0. The fourth-order valence-corrected chi connectivity index (χ4v) is 6.39. The molecule has 5 aromatic rings. The number of fused-ring (bicyclic) bond motifs is 5. The fraction of sp³-hybridized carbons (Fsp3) is 0.171. The van der Waals surface area contributed by atoms with Gasteiger partial charge in [-0.2, -0.15) is 0 Å². The monoisotopic (exact) mass is 556 g/mol. The summed E-state index contributed by atoms with van der Waals surface area (Å²) >= 11 is 0. The summed E-state index contributed by atoms with van der Waals surface area (Å²) in [5.74, 6) is -0.272. The second-order valence-corrected chi connectivity index (χ2v) is 11.0. The molecule has 3 heterocycles. The molecule has 2 aliphatic heterocycles. The third-order valence-corrected chi connectivity index (χ3v) is 8.31. The number of carbonyl (C=O) groups is 2. The topological polar surface area (TPSA) is 80.1 Å². The molecule has 1 spiro atoms. The van der Waals surface area contributed by atoms with Gasteiger partial charge in [-0.25, -0.2) is 0 Å². The number of ether oxygens (including phenoxy) is 1. The van der Waals surface area contributed by atoms with Gasteiger partial charge < -0.3 is 19.0 Å². The Morgan fingerprint density at radius 2 is 1.55 bits per heavy atom. The first-order valence-electron chi connectivity index (χ1n) is 13.8. The van der Waals surface area contributed by atoms with Gasteiger partial charge in [-0.15, -0.1) is 0 Å². The van der Waals surface area contributed by atoms with Gasteiger partial charge in [-0.05, 0) is 55.3 Å². The maximum Gasteiger partial charge on any atom is 0.291 e. The molecule has 42 heavy (non-hydrogen) atoms. The predicted octanol–water partition coefficient (Wildman–Crippen LogP) is 5.86. The predicted molar refractivity (Wildman–Crippen MR) is 160 cm³/mol. The lowest BCUT2D eigenvalue weighted by Crippen LogP contribution is -2.52. The third-order valence-electron chi connectivity index (χ3n) is 8.31. The van der Waals surface area contributed by atoms with Gasteiger partial charge >= 0.3 is 0 Å². The molecule has 0 N–H and O–H groups in total. The zero-order valence-corrected chi connectivity index (χ0v) is 23.5. The van der Waals surface area contributed by atoms with Crippen LogP contribution in [0.1, 0.15) is 43.9 Å². The molecule has 0 bridgehead atoms. The van der Waals surface area contributed by atoms with Gasteiger partial charge in [-0.1, -0.05) is 71.8 Å². The largest absolute Gasteiger partial charge is 0.497 e. The minimum Gasteiger partial charge on any atom is -0.497 e. The minimum absolute atomic E-state index is 0.0725. The molecular formula is C35H28N2O5. The lowest BCUT2D eigenvalue weighted by Gasteiger charge is -2.34. The Kier molecular flexibility index (Phi) is 5.80. The van der Waals surface area contributed by atoms with Crippen molar-refractivity contribution in [1.29, 1.82) is 0 Å². The summed E-state index contributed by atoms with van der Waals surface area (Å²) in [6.07, 6.45) is 0. The van der Waals surface area contributed by atoms with E-state index < -0.39 is 11.4 Å². The first-order valence-corrected chi connectivity index (χ1v) is 13.8. The molecule has 1 unspecified atom stereocenters. The van der Waals surface area contributed by atoms with Crippen LogP contribution < -0.4 is 15.1 Å². The van der Waals surface area contributed by atoms with E-state index in [1.165, 1.54) is 4.90 Å². The van der Waals surface area contributed by atoms with E-state index in [-0.39, 0.29) is 35.7 Å².